The van der Waals surface area contributed by atoms with Crippen molar-refractivity contribution in [2.75, 3.05) is 7.11 Å². The highest BCUT2D eigenvalue weighted by Crippen LogP contribution is 2.22. The van der Waals surface area contributed by atoms with Crippen molar-refractivity contribution < 1.29 is 19.1 Å². The molecule has 0 saturated heterocycles. The van der Waals surface area contributed by atoms with E-state index in [1.165, 1.54) is 7.11 Å². The van der Waals surface area contributed by atoms with Crippen LogP contribution in [-0.4, -0.2) is 37.0 Å². The maximum atomic E-state index is 12.9. The molecule has 0 fully saturated rings. The summed E-state index contributed by atoms with van der Waals surface area (Å²) in [4.78, 5) is 37.7. The lowest BCUT2D eigenvalue weighted by Gasteiger charge is -2.24. The first kappa shape index (κ1) is 25.7. The molecule has 1 rings (SSSR count). The molecule has 2 amide bonds. The molecule has 2 N–H and O–H groups in total. The predicted octanol–water partition coefficient (Wildman–Crippen LogP) is 3.83. The summed E-state index contributed by atoms with van der Waals surface area (Å²) in [5.41, 5.74) is 1.62. The van der Waals surface area contributed by atoms with E-state index in [2.05, 4.69) is 31.4 Å². The van der Waals surface area contributed by atoms with Gasteiger partial charge >= 0.3 is 5.97 Å². The van der Waals surface area contributed by atoms with Gasteiger partial charge in [-0.15, -0.1) is 0 Å². The lowest BCUT2D eigenvalue weighted by molar-refractivity contribution is -0.145. The number of carbonyl (C=O) groups excluding carboxylic acids is 3. The Labute approximate surface area is 181 Å². The van der Waals surface area contributed by atoms with Gasteiger partial charge in [-0.2, -0.15) is 0 Å². The van der Waals surface area contributed by atoms with Crippen molar-refractivity contribution >= 4 is 17.8 Å². The lowest BCUT2D eigenvalue weighted by Crippen LogP contribution is -2.52. The van der Waals surface area contributed by atoms with Crippen LogP contribution in [0.1, 0.15) is 77.2 Å². The van der Waals surface area contributed by atoms with Gasteiger partial charge in [0.05, 0.1) is 7.11 Å². The Morgan fingerprint density at radius 2 is 1.37 bits per heavy atom. The molecule has 0 aromatic heterocycles. The van der Waals surface area contributed by atoms with Crippen LogP contribution in [0.5, 0.6) is 0 Å². The molecule has 6 nitrogen and oxygen atoms in total. The van der Waals surface area contributed by atoms with E-state index in [1.54, 1.807) is 12.1 Å². The summed E-state index contributed by atoms with van der Waals surface area (Å²) >= 11 is 0. The van der Waals surface area contributed by atoms with Gasteiger partial charge in [0.2, 0.25) is 5.91 Å². The zero-order valence-corrected chi connectivity index (χ0v) is 19.7. The predicted molar refractivity (Wildman–Crippen MR) is 119 cm³/mol. The van der Waals surface area contributed by atoms with Gasteiger partial charge in [0, 0.05) is 5.56 Å². The third kappa shape index (κ3) is 8.17. The second kappa shape index (κ2) is 11.1. The fraction of sp³-hybridized carbons (Fsp3) is 0.625. The van der Waals surface area contributed by atoms with Crippen molar-refractivity contribution in [1.29, 1.82) is 0 Å². The van der Waals surface area contributed by atoms with Crippen molar-refractivity contribution in [3.05, 3.63) is 35.4 Å². The van der Waals surface area contributed by atoms with E-state index in [4.69, 9.17) is 4.74 Å². The van der Waals surface area contributed by atoms with Gasteiger partial charge in [-0.25, -0.2) is 4.79 Å². The summed E-state index contributed by atoms with van der Waals surface area (Å²) in [6, 6.07) is 5.94. The Morgan fingerprint density at radius 1 is 0.867 bits per heavy atom. The van der Waals surface area contributed by atoms with Crippen molar-refractivity contribution in [3.63, 3.8) is 0 Å². The summed E-state index contributed by atoms with van der Waals surface area (Å²) < 4.78 is 4.82. The first-order valence-corrected chi connectivity index (χ1v) is 10.6. The summed E-state index contributed by atoms with van der Waals surface area (Å²) in [5.74, 6) is -0.779. The summed E-state index contributed by atoms with van der Waals surface area (Å²) in [6.07, 6.45) is 0.933. The number of methoxy groups -OCH3 is 1. The Bertz CT molecular complexity index is 718. The molecule has 1 aromatic rings. The van der Waals surface area contributed by atoms with Crippen LogP contribution in [0.25, 0.3) is 0 Å². The van der Waals surface area contributed by atoms with Crippen LogP contribution < -0.4 is 10.6 Å². The number of ether oxygens (including phenoxy) is 1. The van der Waals surface area contributed by atoms with Crippen LogP contribution in [0.4, 0.5) is 0 Å². The topological polar surface area (TPSA) is 84.5 Å². The number of amides is 2. The van der Waals surface area contributed by atoms with E-state index in [9.17, 15) is 14.4 Å². The first-order valence-electron chi connectivity index (χ1n) is 10.6. The fourth-order valence-corrected chi connectivity index (χ4v) is 3.17. The number of carbonyl (C=O) groups is 3. The number of rotatable bonds is 9. The molecule has 2 atom stereocenters. The number of benzene rings is 1. The van der Waals surface area contributed by atoms with E-state index in [-0.39, 0.29) is 29.1 Å². The highest BCUT2D eigenvalue weighted by Gasteiger charge is 2.28. The summed E-state index contributed by atoms with van der Waals surface area (Å²) in [6.45, 7) is 14.2. The van der Waals surface area contributed by atoms with Gasteiger partial charge < -0.3 is 15.4 Å². The molecule has 2 unspecified atom stereocenters. The van der Waals surface area contributed by atoms with Gasteiger partial charge in [0.1, 0.15) is 12.1 Å². The average Bonchev–Trinajstić information content (AvgIpc) is 2.64. The molecule has 0 aliphatic heterocycles. The molecule has 0 aliphatic carbocycles. The van der Waals surface area contributed by atoms with Crippen LogP contribution in [0.15, 0.2) is 24.3 Å². The van der Waals surface area contributed by atoms with Crippen LogP contribution >= 0.6 is 0 Å². The van der Waals surface area contributed by atoms with E-state index < -0.39 is 18.1 Å². The largest absolute Gasteiger partial charge is 0.467 e. The summed E-state index contributed by atoms with van der Waals surface area (Å²) in [5, 5.41) is 5.60. The zero-order valence-electron chi connectivity index (χ0n) is 19.7. The van der Waals surface area contributed by atoms with Crippen molar-refractivity contribution in [2.24, 2.45) is 11.8 Å². The molecular formula is C24H38N2O4. The molecule has 6 heteroatoms. The molecule has 1 aromatic carbocycles. The minimum absolute atomic E-state index is 0.00557. The molecular weight excluding hydrogens is 380 g/mol. The Morgan fingerprint density at radius 3 is 1.80 bits per heavy atom. The van der Waals surface area contributed by atoms with Gasteiger partial charge in [-0.05, 0) is 47.8 Å². The van der Waals surface area contributed by atoms with Gasteiger partial charge in [0.25, 0.3) is 5.91 Å². The fourth-order valence-electron chi connectivity index (χ4n) is 3.17. The number of hydrogen-bond acceptors (Lipinski definition) is 4. The number of esters is 1. The third-order valence-electron chi connectivity index (χ3n) is 4.85. The first-order chi connectivity index (χ1) is 13.8. The monoisotopic (exact) mass is 418 g/mol. The van der Waals surface area contributed by atoms with E-state index in [1.807, 2.05) is 39.8 Å². The van der Waals surface area contributed by atoms with Gasteiger partial charge in [-0.3, -0.25) is 9.59 Å². The second-order valence-electron chi connectivity index (χ2n) is 9.70. The van der Waals surface area contributed by atoms with Crippen molar-refractivity contribution in [2.45, 2.75) is 78.8 Å². The third-order valence-corrected chi connectivity index (χ3v) is 4.85. The molecule has 0 heterocycles. The van der Waals surface area contributed by atoms with Crippen LogP contribution in [0.2, 0.25) is 0 Å². The maximum Gasteiger partial charge on any atom is 0.328 e. The molecule has 168 valence electrons. The second-order valence-corrected chi connectivity index (χ2v) is 9.70. The van der Waals surface area contributed by atoms with Gasteiger partial charge in [0.15, 0.2) is 0 Å². The minimum Gasteiger partial charge on any atom is -0.467 e. The molecule has 0 saturated carbocycles. The Hall–Kier alpha value is -2.37. The normalized spacial score (nSPS) is 13.7. The van der Waals surface area contributed by atoms with Crippen LogP contribution in [0, 0.1) is 11.8 Å². The Kier molecular flexibility index (Phi) is 9.53. The van der Waals surface area contributed by atoms with Crippen molar-refractivity contribution in [3.8, 4) is 0 Å². The molecule has 0 spiro atoms. The standard InChI is InChI=1S/C24H38N2O4/c1-15(2)13-19(22(28)26-20(14-16(3)4)23(29)30-8)25-21(27)17-9-11-18(12-10-17)24(5,6)7/h9-12,15-16,19-20H,13-14H2,1-8H3,(H,25,27)(H,26,28). The van der Waals surface area contributed by atoms with Crippen molar-refractivity contribution in [1.82, 2.24) is 10.6 Å². The number of nitrogens with one attached hydrogen (secondary N) is 2. The van der Waals surface area contributed by atoms with Crippen LogP contribution in [-0.2, 0) is 19.7 Å². The average molecular weight is 419 g/mol. The highest BCUT2D eigenvalue weighted by atomic mass is 16.5. The maximum absolute atomic E-state index is 12.9. The van der Waals surface area contributed by atoms with E-state index >= 15 is 0 Å². The smallest absolute Gasteiger partial charge is 0.328 e. The highest BCUT2D eigenvalue weighted by molar-refractivity contribution is 5.98. The molecule has 30 heavy (non-hydrogen) atoms. The zero-order chi connectivity index (χ0) is 23.1. The summed E-state index contributed by atoms with van der Waals surface area (Å²) in [7, 11) is 1.30. The molecule has 0 bridgehead atoms. The van der Waals surface area contributed by atoms with E-state index in [0.29, 0.717) is 18.4 Å². The lowest BCUT2D eigenvalue weighted by atomic mass is 9.86. The molecule has 0 aliphatic rings. The molecule has 0 radical (unpaired) electrons. The number of hydrogen-bond donors (Lipinski definition) is 2. The quantitative estimate of drug-likeness (QED) is 0.597. The van der Waals surface area contributed by atoms with Gasteiger partial charge in [-0.1, -0.05) is 60.6 Å². The Balaban J connectivity index is 2.95. The van der Waals surface area contributed by atoms with E-state index in [0.717, 1.165) is 5.56 Å². The SMILES string of the molecule is COC(=O)C(CC(C)C)NC(=O)C(CC(C)C)NC(=O)c1ccc(C(C)(C)C)cc1. The minimum atomic E-state index is -0.737. The van der Waals surface area contributed by atoms with Crippen LogP contribution in [0.3, 0.4) is 0 Å².